The first-order chi connectivity index (χ1) is 5.15. The zero-order valence-corrected chi connectivity index (χ0v) is 6.07. The molecule has 2 N–H and O–H groups in total. The topological polar surface area (TPSA) is 65.1 Å². The monoisotopic (exact) mass is 152 g/mol. The van der Waals surface area contributed by atoms with Crippen molar-refractivity contribution in [1.29, 1.82) is 0 Å². The highest BCUT2D eigenvalue weighted by Gasteiger charge is 1.98. The Morgan fingerprint density at radius 1 is 1.64 bits per heavy atom. The van der Waals surface area contributed by atoms with Crippen molar-refractivity contribution >= 4 is 12.0 Å². The molecule has 0 spiro atoms. The number of aryl methyl sites for hydroxylation is 1. The van der Waals surface area contributed by atoms with Gasteiger partial charge in [-0.25, -0.2) is 0 Å². The maximum Gasteiger partial charge on any atom is 0.273 e. The van der Waals surface area contributed by atoms with Gasteiger partial charge in [0.25, 0.3) is 5.56 Å². The van der Waals surface area contributed by atoms with Crippen molar-refractivity contribution in [3.8, 4) is 0 Å². The van der Waals surface area contributed by atoms with Gasteiger partial charge < -0.3 is 10.3 Å². The van der Waals surface area contributed by atoms with Crippen LogP contribution in [0.2, 0.25) is 0 Å². The maximum absolute atomic E-state index is 11.0. The van der Waals surface area contributed by atoms with Crippen molar-refractivity contribution < 1.29 is 4.79 Å². The Bertz CT molecular complexity index is 315. The third kappa shape index (κ3) is 1.29. The molecule has 0 aromatic carbocycles. The Balaban J connectivity index is 3.43. The predicted octanol–water partition coefficient (Wildman–Crippen LogP) is -0.220. The molecule has 0 fully saturated rings. The number of carbonyl (C=O) groups excluding carboxylic acids is 1. The van der Waals surface area contributed by atoms with Gasteiger partial charge in [-0.1, -0.05) is 0 Å². The first kappa shape index (κ1) is 7.53. The summed E-state index contributed by atoms with van der Waals surface area (Å²) in [5.41, 5.74) is 5.52. The van der Waals surface area contributed by atoms with Crippen LogP contribution in [0.25, 0.3) is 0 Å². The second-order valence-electron chi connectivity index (χ2n) is 2.26. The van der Waals surface area contributed by atoms with Gasteiger partial charge in [0, 0.05) is 18.8 Å². The normalized spacial score (nSPS) is 9.55. The Morgan fingerprint density at radius 3 is 2.73 bits per heavy atom. The van der Waals surface area contributed by atoms with Crippen LogP contribution in [0, 0.1) is 0 Å². The summed E-state index contributed by atoms with van der Waals surface area (Å²) in [6, 6.07) is 1.36. The lowest BCUT2D eigenvalue weighted by atomic mass is 10.3. The molecule has 0 amide bonds. The largest absolute Gasteiger partial charge is 0.394 e. The van der Waals surface area contributed by atoms with E-state index in [0.717, 1.165) is 0 Å². The molecule has 58 valence electrons. The molecule has 1 aromatic heterocycles. The number of nitrogens with two attached hydrogens (primary N) is 1. The molecular weight excluding hydrogens is 144 g/mol. The highest BCUT2D eigenvalue weighted by Crippen LogP contribution is 1.96. The molecule has 4 heteroatoms. The molecule has 11 heavy (non-hydrogen) atoms. The fourth-order valence-electron chi connectivity index (χ4n) is 0.829. The first-order valence-electron chi connectivity index (χ1n) is 3.06. The predicted molar refractivity (Wildman–Crippen MR) is 41.5 cm³/mol. The number of aromatic nitrogens is 1. The second kappa shape index (κ2) is 2.57. The number of nitrogen functional groups attached to an aromatic ring is 1. The highest BCUT2D eigenvalue weighted by molar-refractivity contribution is 5.75. The fraction of sp³-hybridized carbons (Fsp3) is 0.143. The molecule has 1 heterocycles. The van der Waals surface area contributed by atoms with Crippen molar-refractivity contribution in [2.45, 2.75) is 0 Å². The van der Waals surface area contributed by atoms with Gasteiger partial charge in [-0.2, -0.15) is 0 Å². The van der Waals surface area contributed by atoms with E-state index >= 15 is 0 Å². The minimum Gasteiger partial charge on any atom is -0.394 e. The zero-order valence-electron chi connectivity index (χ0n) is 6.07. The molecule has 1 aromatic rings. The fourth-order valence-corrected chi connectivity index (χ4v) is 0.829. The highest BCUT2D eigenvalue weighted by atomic mass is 16.1. The van der Waals surface area contributed by atoms with Crippen molar-refractivity contribution in [2.24, 2.45) is 7.05 Å². The van der Waals surface area contributed by atoms with Gasteiger partial charge in [0.1, 0.15) is 0 Å². The van der Waals surface area contributed by atoms with Crippen LogP contribution >= 0.6 is 0 Å². The summed E-state index contributed by atoms with van der Waals surface area (Å²) in [4.78, 5) is 21.2. The molecule has 0 radical (unpaired) electrons. The Hall–Kier alpha value is -1.58. The van der Waals surface area contributed by atoms with Gasteiger partial charge in [0.05, 0.1) is 5.69 Å². The van der Waals surface area contributed by atoms with E-state index in [4.69, 9.17) is 5.73 Å². The number of anilines is 1. The average molecular weight is 152 g/mol. The van der Waals surface area contributed by atoms with Gasteiger partial charge in [0.15, 0.2) is 6.29 Å². The van der Waals surface area contributed by atoms with E-state index < -0.39 is 0 Å². The summed E-state index contributed by atoms with van der Waals surface area (Å²) in [7, 11) is 1.55. The minimum absolute atomic E-state index is 0.0945. The lowest BCUT2D eigenvalue weighted by Crippen LogP contribution is -2.20. The van der Waals surface area contributed by atoms with E-state index in [9.17, 15) is 9.59 Å². The van der Waals surface area contributed by atoms with Crippen LogP contribution in [0.1, 0.15) is 10.4 Å². The van der Waals surface area contributed by atoms with Crippen LogP contribution in [0.15, 0.2) is 17.1 Å². The molecule has 0 atom stereocenters. The van der Waals surface area contributed by atoms with Crippen molar-refractivity contribution in [2.75, 3.05) is 5.73 Å². The minimum atomic E-state index is -0.282. The van der Waals surface area contributed by atoms with E-state index in [0.29, 0.717) is 11.8 Å². The standard InChI is InChI=1S/C7H8N2O2/c1-9-3-5(4-10)2-6(8)7(9)11/h2-4H,8H2,1H3. The Labute approximate surface area is 63.3 Å². The summed E-state index contributed by atoms with van der Waals surface area (Å²) < 4.78 is 1.28. The molecule has 0 aliphatic heterocycles. The summed E-state index contributed by atoms with van der Waals surface area (Å²) in [6.45, 7) is 0. The molecule has 0 saturated heterocycles. The van der Waals surface area contributed by atoms with E-state index in [-0.39, 0.29) is 11.2 Å². The lowest BCUT2D eigenvalue weighted by Gasteiger charge is -1.98. The van der Waals surface area contributed by atoms with E-state index in [1.165, 1.54) is 16.8 Å². The van der Waals surface area contributed by atoms with E-state index in [1.54, 1.807) is 7.05 Å². The van der Waals surface area contributed by atoms with Crippen LogP contribution in [0.5, 0.6) is 0 Å². The SMILES string of the molecule is Cn1cc(C=O)cc(N)c1=O. The van der Waals surface area contributed by atoms with Gasteiger partial charge in [0.2, 0.25) is 0 Å². The van der Waals surface area contributed by atoms with Gasteiger partial charge in [-0.3, -0.25) is 9.59 Å². The molecule has 0 bridgehead atoms. The van der Waals surface area contributed by atoms with Crippen molar-refractivity contribution in [3.63, 3.8) is 0 Å². The van der Waals surface area contributed by atoms with Crippen molar-refractivity contribution in [1.82, 2.24) is 4.57 Å². The summed E-state index contributed by atoms with van der Waals surface area (Å²) in [5, 5.41) is 0. The third-order valence-corrected chi connectivity index (χ3v) is 1.37. The van der Waals surface area contributed by atoms with Crippen LogP contribution in [-0.4, -0.2) is 10.9 Å². The van der Waals surface area contributed by atoms with Crippen LogP contribution in [0.3, 0.4) is 0 Å². The third-order valence-electron chi connectivity index (χ3n) is 1.37. The van der Waals surface area contributed by atoms with Gasteiger partial charge in [-0.05, 0) is 6.07 Å². The molecule has 4 nitrogen and oxygen atoms in total. The van der Waals surface area contributed by atoms with Crippen LogP contribution < -0.4 is 11.3 Å². The van der Waals surface area contributed by atoms with Crippen LogP contribution in [0.4, 0.5) is 5.69 Å². The van der Waals surface area contributed by atoms with Crippen molar-refractivity contribution in [3.05, 3.63) is 28.2 Å². The summed E-state index contributed by atoms with van der Waals surface area (Å²) >= 11 is 0. The molecule has 0 aliphatic rings. The molecule has 1 rings (SSSR count). The Morgan fingerprint density at radius 2 is 2.27 bits per heavy atom. The second-order valence-corrected chi connectivity index (χ2v) is 2.26. The average Bonchev–Trinajstić information content (AvgIpc) is 1.99. The molecular formula is C7H8N2O2. The van der Waals surface area contributed by atoms with Gasteiger partial charge >= 0.3 is 0 Å². The number of carbonyl (C=O) groups is 1. The number of hydrogen-bond donors (Lipinski definition) is 1. The van der Waals surface area contributed by atoms with Gasteiger partial charge in [-0.15, -0.1) is 0 Å². The number of hydrogen-bond acceptors (Lipinski definition) is 3. The van der Waals surface area contributed by atoms with E-state index in [2.05, 4.69) is 0 Å². The number of aldehydes is 1. The smallest absolute Gasteiger partial charge is 0.273 e. The number of pyridine rings is 1. The Kier molecular flexibility index (Phi) is 1.76. The number of nitrogens with zero attached hydrogens (tertiary/aromatic N) is 1. The molecule has 0 aliphatic carbocycles. The van der Waals surface area contributed by atoms with Crippen LogP contribution in [-0.2, 0) is 7.05 Å². The molecule has 0 saturated carbocycles. The first-order valence-corrected chi connectivity index (χ1v) is 3.06. The summed E-state index contributed by atoms with van der Waals surface area (Å²) in [5.74, 6) is 0. The quantitative estimate of drug-likeness (QED) is 0.566. The number of rotatable bonds is 1. The van der Waals surface area contributed by atoms with E-state index in [1.807, 2.05) is 0 Å². The molecule has 0 unspecified atom stereocenters. The lowest BCUT2D eigenvalue weighted by molar-refractivity contribution is 0.112. The maximum atomic E-state index is 11.0. The summed E-state index contributed by atoms with van der Waals surface area (Å²) in [6.07, 6.45) is 2.08. The zero-order chi connectivity index (χ0) is 8.43.